The van der Waals surface area contributed by atoms with Gasteiger partial charge in [0.2, 0.25) is 0 Å². The average Bonchev–Trinajstić information content (AvgIpc) is 2.84. The van der Waals surface area contributed by atoms with E-state index in [4.69, 9.17) is 5.11 Å². The van der Waals surface area contributed by atoms with E-state index < -0.39 is 5.97 Å². The zero-order valence-corrected chi connectivity index (χ0v) is 11.5. The highest BCUT2D eigenvalue weighted by Crippen LogP contribution is 2.19. The lowest BCUT2D eigenvalue weighted by molar-refractivity contribution is -0.142. The minimum Gasteiger partial charge on any atom is -0.480 e. The zero-order chi connectivity index (χ0) is 13.8. The van der Waals surface area contributed by atoms with Crippen molar-refractivity contribution in [2.24, 2.45) is 5.92 Å². The van der Waals surface area contributed by atoms with Crippen molar-refractivity contribution < 1.29 is 9.90 Å². The van der Waals surface area contributed by atoms with Gasteiger partial charge in [0.1, 0.15) is 11.9 Å². The van der Waals surface area contributed by atoms with Crippen molar-refractivity contribution in [3.63, 3.8) is 0 Å². The number of anilines is 1. The first-order valence-corrected chi connectivity index (χ1v) is 6.70. The summed E-state index contributed by atoms with van der Waals surface area (Å²) in [7, 11) is 0. The number of hydrogen-bond acceptors (Lipinski definition) is 4. The Morgan fingerprint density at radius 3 is 3.11 bits per heavy atom. The van der Waals surface area contributed by atoms with E-state index >= 15 is 0 Å². The molecule has 0 radical (unpaired) electrons. The SMILES string of the molecule is Cc1cccc(NCC2CCN(C(C)C(=O)O)C2)n1. The quantitative estimate of drug-likeness (QED) is 0.844. The van der Waals surface area contributed by atoms with E-state index in [-0.39, 0.29) is 6.04 Å². The summed E-state index contributed by atoms with van der Waals surface area (Å²) in [4.78, 5) is 17.4. The van der Waals surface area contributed by atoms with Gasteiger partial charge in [-0.15, -0.1) is 0 Å². The molecule has 2 N–H and O–H groups in total. The molecular formula is C14H21N3O2. The molecule has 1 aliphatic heterocycles. The second-order valence-corrected chi connectivity index (χ2v) is 5.21. The minimum absolute atomic E-state index is 0.387. The van der Waals surface area contributed by atoms with Crippen LogP contribution in [0.2, 0.25) is 0 Å². The molecule has 1 saturated heterocycles. The Morgan fingerprint density at radius 1 is 1.63 bits per heavy atom. The van der Waals surface area contributed by atoms with E-state index in [1.165, 1.54) is 0 Å². The number of aliphatic carboxylic acids is 1. The Morgan fingerprint density at radius 2 is 2.42 bits per heavy atom. The Balaban J connectivity index is 1.81. The topological polar surface area (TPSA) is 65.5 Å². The summed E-state index contributed by atoms with van der Waals surface area (Å²) < 4.78 is 0. The third kappa shape index (κ3) is 3.67. The van der Waals surface area contributed by atoms with Crippen LogP contribution in [0.5, 0.6) is 0 Å². The van der Waals surface area contributed by atoms with Crippen LogP contribution in [-0.4, -0.2) is 46.6 Å². The van der Waals surface area contributed by atoms with E-state index in [0.717, 1.165) is 37.6 Å². The van der Waals surface area contributed by atoms with Crippen LogP contribution < -0.4 is 5.32 Å². The van der Waals surface area contributed by atoms with Crippen molar-refractivity contribution in [3.05, 3.63) is 23.9 Å². The Hall–Kier alpha value is -1.62. The number of likely N-dealkylation sites (tertiary alicyclic amines) is 1. The molecule has 5 heteroatoms. The molecule has 5 nitrogen and oxygen atoms in total. The number of nitrogens with one attached hydrogen (secondary N) is 1. The number of carboxylic acids is 1. The molecule has 2 heterocycles. The smallest absolute Gasteiger partial charge is 0.320 e. The molecule has 2 rings (SSSR count). The first kappa shape index (κ1) is 13.8. The van der Waals surface area contributed by atoms with Gasteiger partial charge in [0, 0.05) is 18.8 Å². The van der Waals surface area contributed by atoms with Crippen molar-refractivity contribution in [3.8, 4) is 0 Å². The summed E-state index contributed by atoms with van der Waals surface area (Å²) in [6.07, 6.45) is 1.04. The number of nitrogens with zero attached hydrogens (tertiary/aromatic N) is 2. The molecule has 2 unspecified atom stereocenters. The van der Waals surface area contributed by atoms with Crippen LogP contribution in [0.3, 0.4) is 0 Å². The lowest BCUT2D eigenvalue weighted by Gasteiger charge is -2.20. The first-order valence-electron chi connectivity index (χ1n) is 6.70. The van der Waals surface area contributed by atoms with Gasteiger partial charge in [-0.25, -0.2) is 4.98 Å². The number of rotatable bonds is 5. The normalized spacial score (nSPS) is 21.3. The van der Waals surface area contributed by atoms with E-state index in [9.17, 15) is 4.79 Å². The molecule has 0 spiro atoms. The number of hydrogen-bond donors (Lipinski definition) is 2. The standard InChI is InChI=1S/C14H21N3O2/c1-10-4-3-5-13(16-10)15-8-12-6-7-17(9-12)11(2)14(18)19/h3-5,11-12H,6-9H2,1-2H3,(H,15,16)(H,18,19). The lowest BCUT2D eigenvalue weighted by atomic mass is 10.1. The summed E-state index contributed by atoms with van der Waals surface area (Å²) in [5, 5.41) is 12.3. The van der Waals surface area contributed by atoms with Crippen LogP contribution in [0.15, 0.2) is 18.2 Å². The fourth-order valence-electron chi connectivity index (χ4n) is 2.43. The van der Waals surface area contributed by atoms with Gasteiger partial charge in [0.25, 0.3) is 0 Å². The third-order valence-electron chi connectivity index (χ3n) is 3.68. The Labute approximate surface area is 113 Å². The van der Waals surface area contributed by atoms with Crippen molar-refractivity contribution in [1.82, 2.24) is 9.88 Å². The Bertz CT molecular complexity index is 450. The number of carboxylic acid groups (broad SMARTS) is 1. The fourth-order valence-corrected chi connectivity index (χ4v) is 2.43. The summed E-state index contributed by atoms with van der Waals surface area (Å²) in [5.74, 6) is 0.641. The molecule has 1 aliphatic rings. The van der Waals surface area contributed by atoms with Crippen molar-refractivity contribution in [2.45, 2.75) is 26.3 Å². The third-order valence-corrected chi connectivity index (χ3v) is 3.68. The molecule has 0 aliphatic carbocycles. The van der Waals surface area contributed by atoms with Gasteiger partial charge in [-0.3, -0.25) is 9.69 Å². The maximum atomic E-state index is 10.9. The van der Waals surface area contributed by atoms with Gasteiger partial charge < -0.3 is 10.4 Å². The number of aryl methyl sites for hydroxylation is 1. The summed E-state index contributed by atoms with van der Waals surface area (Å²) >= 11 is 0. The predicted octanol–water partition coefficient (Wildman–Crippen LogP) is 1.60. The summed E-state index contributed by atoms with van der Waals surface area (Å²) in [5.41, 5.74) is 0.998. The molecule has 19 heavy (non-hydrogen) atoms. The molecule has 0 saturated carbocycles. The molecule has 0 aromatic carbocycles. The highest BCUT2D eigenvalue weighted by molar-refractivity contribution is 5.72. The van der Waals surface area contributed by atoms with E-state index in [0.29, 0.717) is 5.92 Å². The van der Waals surface area contributed by atoms with Crippen molar-refractivity contribution in [1.29, 1.82) is 0 Å². The molecule has 104 valence electrons. The van der Waals surface area contributed by atoms with Crippen LogP contribution in [0.25, 0.3) is 0 Å². The van der Waals surface area contributed by atoms with Crippen LogP contribution >= 0.6 is 0 Å². The maximum Gasteiger partial charge on any atom is 0.320 e. The molecule has 1 aromatic rings. The molecule has 0 amide bonds. The summed E-state index contributed by atoms with van der Waals surface area (Å²) in [6, 6.07) is 5.52. The van der Waals surface area contributed by atoms with Crippen LogP contribution in [-0.2, 0) is 4.79 Å². The minimum atomic E-state index is -0.742. The molecule has 0 bridgehead atoms. The highest BCUT2D eigenvalue weighted by Gasteiger charge is 2.29. The molecule has 1 fully saturated rings. The van der Waals surface area contributed by atoms with E-state index in [1.54, 1.807) is 6.92 Å². The number of pyridine rings is 1. The van der Waals surface area contributed by atoms with Crippen molar-refractivity contribution >= 4 is 11.8 Å². The second kappa shape index (κ2) is 6.02. The van der Waals surface area contributed by atoms with E-state index in [1.807, 2.05) is 30.0 Å². The number of carbonyl (C=O) groups is 1. The van der Waals surface area contributed by atoms with Gasteiger partial charge in [0.05, 0.1) is 0 Å². The van der Waals surface area contributed by atoms with Crippen LogP contribution in [0.4, 0.5) is 5.82 Å². The Kier molecular flexibility index (Phi) is 4.37. The lowest BCUT2D eigenvalue weighted by Crippen LogP contribution is -2.37. The van der Waals surface area contributed by atoms with Crippen molar-refractivity contribution in [2.75, 3.05) is 25.0 Å². The highest BCUT2D eigenvalue weighted by atomic mass is 16.4. The van der Waals surface area contributed by atoms with Gasteiger partial charge in [0.15, 0.2) is 0 Å². The van der Waals surface area contributed by atoms with Gasteiger partial charge in [-0.2, -0.15) is 0 Å². The molecule has 1 aromatic heterocycles. The maximum absolute atomic E-state index is 10.9. The predicted molar refractivity (Wildman–Crippen MR) is 74.2 cm³/mol. The fraction of sp³-hybridized carbons (Fsp3) is 0.571. The van der Waals surface area contributed by atoms with Gasteiger partial charge >= 0.3 is 5.97 Å². The van der Waals surface area contributed by atoms with E-state index in [2.05, 4.69) is 10.3 Å². The summed E-state index contributed by atoms with van der Waals surface area (Å²) in [6.45, 7) is 6.27. The second-order valence-electron chi connectivity index (χ2n) is 5.21. The average molecular weight is 263 g/mol. The van der Waals surface area contributed by atoms with Crippen LogP contribution in [0, 0.1) is 12.8 Å². The monoisotopic (exact) mass is 263 g/mol. The molecular weight excluding hydrogens is 242 g/mol. The van der Waals surface area contributed by atoms with Gasteiger partial charge in [-0.1, -0.05) is 6.07 Å². The largest absolute Gasteiger partial charge is 0.480 e. The number of aromatic nitrogens is 1. The zero-order valence-electron chi connectivity index (χ0n) is 11.5. The van der Waals surface area contributed by atoms with Crippen LogP contribution in [0.1, 0.15) is 19.0 Å². The first-order chi connectivity index (χ1) is 9.06. The van der Waals surface area contributed by atoms with Gasteiger partial charge in [-0.05, 0) is 44.9 Å². The molecule has 2 atom stereocenters.